The predicted molar refractivity (Wildman–Crippen MR) is 58.7 cm³/mol. The van der Waals surface area contributed by atoms with Gasteiger partial charge < -0.3 is 10.1 Å². The van der Waals surface area contributed by atoms with Crippen molar-refractivity contribution >= 4 is 17.5 Å². The Morgan fingerprint density at radius 2 is 2.38 bits per heavy atom. The van der Waals surface area contributed by atoms with Crippen molar-refractivity contribution in [3.8, 4) is 18.1 Å². The maximum absolute atomic E-state index is 12.8. The standard InChI is InChI=1S/C11H9ClFNO2/c1-2-5-14-11(15)7-16-8-3-4-10(13)9(12)6-8/h1,3-4,6H,5,7H2,(H,14,15). The summed E-state index contributed by atoms with van der Waals surface area (Å²) in [6, 6.07) is 3.85. The lowest BCUT2D eigenvalue weighted by Gasteiger charge is -2.06. The van der Waals surface area contributed by atoms with E-state index in [4.69, 9.17) is 22.8 Å². The molecule has 0 fully saturated rings. The number of carbonyl (C=O) groups excluding carboxylic acids is 1. The number of amides is 1. The third-order valence-electron chi connectivity index (χ3n) is 1.65. The first-order valence-electron chi connectivity index (χ1n) is 4.41. The molecule has 0 atom stereocenters. The van der Waals surface area contributed by atoms with Gasteiger partial charge in [0, 0.05) is 6.07 Å². The molecule has 1 N–H and O–H groups in total. The number of benzene rings is 1. The second-order valence-electron chi connectivity index (χ2n) is 2.85. The monoisotopic (exact) mass is 241 g/mol. The Bertz CT molecular complexity index is 428. The number of carbonyl (C=O) groups is 1. The summed E-state index contributed by atoms with van der Waals surface area (Å²) in [5.41, 5.74) is 0. The van der Waals surface area contributed by atoms with E-state index >= 15 is 0 Å². The number of terminal acetylenes is 1. The average molecular weight is 242 g/mol. The molecule has 1 amide bonds. The van der Waals surface area contributed by atoms with Gasteiger partial charge in [-0.15, -0.1) is 6.42 Å². The highest BCUT2D eigenvalue weighted by Crippen LogP contribution is 2.20. The molecule has 3 nitrogen and oxygen atoms in total. The molecule has 0 radical (unpaired) electrons. The molecule has 1 rings (SSSR count). The van der Waals surface area contributed by atoms with Gasteiger partial charge >= 0.3 is 0 Å². The molecule has 0 aliphatic carbocycles. The fraction of sp³-hybridized carbons (Fsp3) is 0.182. The highest BCUT2D eigenvalue weighted by Gasteiger charge is 2.04. The first kappa shape index (κ1) is 12.3. The first-order chi connectivity index (χ1) is 7.63. The molecule has 0 bridgehead atoms. The van der Waals surface area contributed by atoms with Crippen LogP contribution in [0, 0.1) is 18.2 Å². The van der Waals surface area contributed by atoms with Crippen LogP contribution in [0.25, 0.3) is 0 Å². The van der Waals surface area contributed by atoms with Gasteiger partial charge in [0.1, 0.15) is 11.6 Å². The summed E-state index contributed by atoms with van der Waals surface area (Å²) in [5.74, 6) is 1.69. The maximum atomic E-state index is 12.8. The van der Waals surface area contributed by atoms with Crippen molar-refractivity contribution in [2.75, 3.05) is 13.2 Å². The Morgan fingerprint density at radius 1 is 1.62 bits per heavy atom. The smallest absolute Gasteiger partial charge is 0.258 e. The minimum atomic E-state index is -0.536. The van der Waals surface area contributed by atoms with E-state index in [2.05, 4.69) is 11.2 Å². The van der Waals surface area contributed by atoms with Crippen LogP contribution in [-0.4, -0.2) is 19.1 Å². The Hall–Kier alpha value is -1.73. The quantitative estimate of drug-likeness (QED) is 0.814. The summed E-state index contributed by atoms with van der Waals surface area (Å²) < 4.78 is 17.8. The van der Waals surface area contributed by atoms with Crippen molar-refractivity contribution in [3.05, 3.63) is 29.0 Å². The molecule has 16 heavy (non-hydrogen) atoms. The van der Waals surface area contributed by atoms with Gasteiger partial charge in [0.15, 0.2) is 6.61 Å². The molecule has 0 heterocycles. The van der Waals surface area contributed by atoms with E-state index < -0.39 is 5.82 Å². The van der Waals surface area contributed by atoms with Crippen molar-refractivity contribution in [2.45, 2.75) is 0 Å². The van der Waals surface area contributed by atoms with Crippen LogP contribution < -0.4 is 10.1 Å². The second-order valence-corrected chi connectivity index (χ2v) is 3.25. The zero-order chi connectivity index (χ0) is 12.0. The minimum absolute atomic E-state index is 0.0541. The number of ether oxygens (including phenoxy) is 1. The molecule has 84 valence electrons. The molecule has 0 unspecified atom stereocenters. The van der Waals surface area contributed by atoms with Gasteiger partial charge in [-0.3, -0.25) is 4.79 Å². The number of hydrogen-bond acceptors (Lipinski definition) is 2. The molecule has 0 spiro atoms. The van der Waals surface area contributed by atoms with Crippen molar-refractivity contribution in [1.29, 1.82) is 0 Å². The van der Waals surface area contributed by atoms with Gasteiger partial charge in [0.25, 0.3) is 5.91 Å². The molecule has 0 aliphatic heterocycles. The Morgan fingerprint density at radius 3 is 3.00 bits per heavy atom. The van der Waals surface area contributed by atoms with Gasteiger partial charge in [-0.1, -0.05) is 17.5 Å². The summed E-state index contributed by atoms with van der Waals surface area (Å²) >= 11 is 5.53. The normalized spacial score (nSPS) is 9.31. The SMILES string of the molecule is C#CCNC(=O)COc1ccc(F)c(Cl)c1. The number of hydrogen-bond donors (Lipinski definition) is 1. The van der Waals surface area contributed by atoms with Gasteiger partial charge in [-0.05, 0) is 12.1 Å². The molecule has 0 saturated carbocycles. The predicted octanol–water partition coefficient (Wildman–Crippen LogP) is 1.61. The van der Waals surface area contributed by atoms with E-state index in [0.717, 1.165) is 6.07 Å². The Labute approximate surface area is 97.5 Å². The van der Waals surface area contributed by atoms with Crippen molar-refractivity contribution in [1.82, 2.24) is 5.32 Å². The van der Waals surface area contributed by atoms with Gasteiger partial charge in [-0.25, -0.2) is 4.39 Å². The highest BCUT2D eigenvalue weighted by atomic mass is 35.5. The summed E-state index contributed by atoms with van der Waals surface area (Å²) in [6.07, 6.45) is 4.96. The maximum Gasteiger partial charge on any atom is 0.258 e. The molecule has 0 aromatic heterocycles. The molecule has 0 aliphatic rings. The highest BCUT2D eigenvalue weighted by molar-refractivity contribution is 6.30. The summed E-state index contributed by atoms with van der Waals surface area (Å²) in [6.45, 7) is -0.0456. The van der Waals surface area contributed by atoms with Gasteiger partial charge in [0.05, 0.1) is 11.6 Å². The average Bonchev–Trinajstić information content (AvgIpc) is 2.28. The molecular formula is C11H9ClFNO2. The van der Waals surface area contributed by atoms with Crippen molar-refractivity contribution in [3.63, 3.8) is 0 Å². The number of halogens is 2. The summed E-state index contributed by atoms with van der Waals surface area (Å²) in [5, 5.41) is 2.37. The van der Waals surface area contributed by atoms with Crippen LogP contribution >= 0.6 is 11.6 Å². The van der Waals surface area contributed by atoms with E-state index in [1.165, 1.54) is 12.1 Å². The lowest BCUT2D eigenvalue weighted by molar-refractivity contribution is -0.122. The second kappa shape index (κ2) is 5.99. The third kappa shape index (κ3) is 3.79. The Balaban J connectivity index is 2.46. The van der Waals surface area contributed by atoms with E-state index in [1.807, 2.05) is 0 Å². The van der Waals surface area contributed by atoms with E-state index in [0.29, 0.717) is 5.75 Å². The van der Waals surface area contributed by atoms with Crippen LogP contribution in [0.3, 0.4) is 0 Å². The van der Waals surface area contributed by atoms with Crippen LogP contribution in [0.2, 0.25) is 5.02 Å². The summed E-state index contributed by atoms with van der Waals surface area (Å²) in [7, 11) is 0. The molecular weight excluding hydrogens is 233 g/mol. The van der Waals surface area contributed by atoms with Crippen LogP contribution in [-0.2, 0) is 4.79 Å². The number of rotatable bonds is 4. The number of nitrogens with one attached hydrogen (secondary N) is 1. The molecule has 1 aromatic rings. The first-order valence-corrected chi connectivity index (χ1v) is 4.79. The zero-order valence-electron chi connectivity index (χ0n) is 8.30. The van der Waals surface area contributed by atoms with E-state index in [9.17, 15) is 9.18 Å². The molecule has 0 saturated heterocycles. The lowest BCUT2D eigenvalue weighted by atomic mass is 10.3. The van der Waals surface area contributed by atoms with Crippen LogP contribution in [0.5, 0.6) is 5.75 Å². The lowest BCUT2D eigenvalue weighted by Crippen LogP contribution is -2.29. The van der Waals surface area contributed by atoms with Crippen molar-refractivity contribution < 1.29 is 13.9 Å². The zero-order valence-corrected chi connectivity index (χ0v) is 9.05. The fourth-order valence-corrected chi connectivity index (χ4v) is 1.09. The van der Waals surface area contributed by atoms with Gasteiger partial charge in [-0.2, -0.15) is 0 Å². The van der Waals surface area contributed by atoms with Crippen molar-refractivity contribution in [2.24, 2.45) is 0 Å². The largest absolute Gasteiger partial charge is 0.484 e. The minimum Gasteiger partial charge on any atom is -0.484 e. The summed E-state index contributed by atoms with van der Waals surface area (Å²) in [4.78, 5) is 11.1. The van der Waals surface area contributed by atoms with E-state index in [1.54, 1.807) is 0 Å². The molecule has 1 aromatic carbocycles. The molecule has 5 heteroatoms. The Kier molecular flexibility index (Phi) is 4.62. The van der Waals surface area contributed by atoms with Crippen LogP contribution in [0.4, 0.5) is 4.39 Å². The fourth-order valence-electron chi connectivity index (χ4n) is 0.916. The van der Waals surface area contributed by atoms with E-state index in [-0.39, 0.29) is 24.1 Å². The topological polar surface area (TPSA) is 38.3 Å². The van der Waals surface area contributed by atoms with Gasteiger partial charge in [0.2, 0.25) is 0 Å². The van der Waals surface area contributed by atoms with Crippen LogP contribution in [0.1, 0.15) is 0 Å². The third-order valence-corrected chi connectivity index (χ3v) is 1.94. The van der Waals surface area contributed by atoms with Crippen LogP contribution in [0.15, 0.2) is 18.2 Å².